The minimum atomic E-state index is -0.834. The number of amides is 4. The van der Waals surface area contributed by atoms with E-state index < -0.39 is 22.8 Å². The maximum absolute atomic E-state index is 13.2. The van der Waals surface area contributed by atoms with E-state index in [0.717, 1.165) is 16.0 Å². The summed E-state index contributed by atoms with van der Waals surface area (Å²) in [5.74, 6) is -1.31. The minimum absolute atomic E-state index is 0.0222. The van der Waals surface area contributed by atoms with Crippen LogP contribution in [0.1, 0.15) is 22.3 Å². The summed E-state index contributed by atoms with van der Waals surface area (Å²) in [6, 6.07) is 13.4. The molecule has 1 fully saturated rings. The number of halogens is 2. The van der Waals surface area contributed by atoms with Crippen LogP contribution in [0.4, 0.5) is 16.2 Å². The quantitative estimate of drug-likeness (QED) is 0.167. The summed E-state index contributed by atoms with van der Waals surface area (Å²) in [6.45, 7) is 3.79. The van der Waals surface area contributed by atoms with Crippen molar-refractivity contribution < 1.29 is 24.0 Å². The number of imide groups is 2. The summed E-state index contributed by atoms with van der Waals surface area (Å²) in [6.07, 6.45) is 1.33. The lowest BCUT2D eigenvalue weighted by Crippen LogP contribution is -2.54. The second-order valence-electron chi connectivity index (χ2n) is 8.26. The number of carbonyl (C=O) groups excluding carboxylic acids is 3. The van der Waals surface area contributed by atoms with Crippen LogP contribution >= 0.6 is 27.5 Å². The van der Waals surface area contributed by atoms with Crippen LogP contribution in [0, 0.1) is 24.0 Å². The van der Waals surface area contributed by atoms with Gasteiger partial charge >= 0.3 is 6.03 Å². The van der Waals surface area contributed by atoms with E-state index in [1.165, 1.54) is 24.3 Å². The number of aryl methyl sites for hydroxylation is 2. The van der Waals surface area contributed by atoms with Gasteiger partial charge in [0.15, 0.2) is 5.75 Å². The fourth-order valence-electron chi connectivity index (χ4n) is 3.64. The Kier molecular flexibility index (Phi) is 7.42. The highest BCUT2D eigenvalue weighted by molar-refractivity contribution is 9.10. The maximum atomic E-state index is 13.2. The standard InChI is InChI=1S/C26H19BrClN3O6/c1-14-6-7-18(8-15(14)2)30-25(33)20(24(32)29-26(30)34)10-17-11-21(27)23(22(28)12-17)37-13-16-4-3-5-19(9-16)31(35)36/h3-12H,13H2,1-2H3,(H,29,32,34)/b20-10+. The molecule has 0 radical (unpaired) electrons. The summed E-state index contributed by atoms with van der Waals surface area (Å²) >= 11 is 9.79. The number of urea groups is 1. The Bertz CT molecular complexity index is 1480. The van der Waals surface area contributed by atoms with Gasteiger partial charge in [0.1, 0.15) is 12.2 Å². The van der Waals surface area contributed by atoms with Crippen molar-refractivity contribution in [2.75, 3.05) is 4.90 Å². The summed E-state index contributed by atoms with van der Waals surface area (Å²) in [5, 5.41) is 13.4. The predicted molar refractivity (Wildman–Crippen MR) is 141 cm³/mol. The summed E-state index contributed by atoms with van der Waals surface area (Å²) in [5.41, 5.74) is 2.90. The lowest BCUT2D eigenvalue weighted by Gasteiger charge is -2.27. The molecule has 1 saturated heterocycles. The molecule has 1 aliphatic heterocycles. The zero-order valence-corrected chi connectivity index (χ0v) is 21.9. The fraction of sp³-hybridized carbons (Fsp3) is 0.115. The van der Waals surface area contributed by atoms with Crippen LogP contribution < -0.4 is 15.0 Å². The molecule has 1 N–H and O–H groups in total. The van der Waals surface area contributed by atoms with E-state index >= 15 is 0 Å². The van der Waals surface area contributed by atoms with E-state index in [2.05, 4.69) is 21.2 Å². The number of carbonyl (C=O) groups is 3. The molecule has 1 heterocycles. The van der Waals surface area contributed by atoms with Gasteiger partial charge in [0, 0.05) is 12.1 Å². The Morgan fingerprint density at radius 3 is 2.51 bits per heavy atom. The monoisotopic (exact) mass is 583 g/mol. The van der Waals surface area contributed by atoms with Crippen molar-refractivity contribution in [1.29, 1.82) is 0 Å². The predicted octanol–water partition coefficient (Wildman–Crippen LogP) is 5.87. The van der Waals surface area contributed by atoms with Gasteiger partial charge in [0.05, 0.1) is 20.1 Å². The average Bonchev–Trinajstić information content (AvgIpc) is 2.83. The number of anilines is 1. The van der Waals surface area contributed by atoms with E-state index in [4.69, 9.17) is 16.3 Å². The Morgan fingerprint density at radius 1 is 1.08 bits per heavy atom. The molecule has 0 bridgehead atoms. The SMILES string of the molecule is Cc1ccc(N2C(=O)NC(=O)/C(=C\c3cc(Cl)c(OCc4cccc([N+](=O)[O-])c4)c(Br)c3)C2=O)cc1C. The zero-order valence-electron chi connectivity index (χ0n) is 19.6. The Labute approximate surface area is 225 Å². The van der Waals surface area contributed by atoms with E-state index in [0.29, 0.717) is 21.3 Å². The van der Waals surface area contributed by atoms with Crippen LogP contribution in [-0.2, 0) is 16.2 Å². The van der Waals surface area contributed by atoms with Crippen molar-refractivity contribution in [3.8, 4) is 5.75 Å². The van der Waals surface area contributed by atoms with Gasteiger partial charge in [0.2, 0.25) is 0 Å². The third-order valence-electron chi connectivity index (χ3n) is 5.69. The van der Waals surface area contributed by atoms with Gasteiger partial charge in [-0.25, -0.2) is 9.69 Å². The second-order valence-corrected chi connectivity index (χ2v) is 9.52. The smallest absolute Gasteiger partial charge is 0.335 e. The average molecular weight is 585 g/mol. The number of hydrogen-bond acceptors (Lipinski definition) is 6. The Balaban J connectivity index is 1.60. The van der Waals surface area contributed by atoms with Crippen molar-refractivity contribution in [3.63, 3.8) is 0 Å². The zero-order chi connectivity index (χ0) is 26.9. The number of nitrogens with zero attached hydrogens (tertiary/aromatic N) is 2. The van der Waals surface area contributed by atoms with Crippen molar-refractivity contribution in [2.24, 2.45) is 0 Å². The lowest BCUT2D eigenvalue weighted by atomic mass is 10.0. The fourth-order valence-corrected chi connectivity index (χ4v) is 4.63. The summed E-state index contributed by atoms with van der Waals surface area (Å²) in [7, 11) is 0. The van der Waals surface area contributed by atoms with Crippen molar-refractivity contribution in [1.82, 2.24) is 5.32 Å². The number of benzene rings is 3. The molecule has 9 nitrogen and oxygen atoms in total. The number of barbiturate groups is 1. The van der Waals surface area contributed by atoms with Crippen LogP contribution in [0.3, 0.4) is 0 Å². The minimum Gasteiger partial charge on any atom is -0.486 e. The summed E-state index contributed by atoms with van der Waals surface area (Å²) < 4.78 is 6.20. The Morgan fingerprint density at radius 2 is 1.84 bits per heavy atom. The number of nitro groups is 1. The van der Waals surface area contributed by atoms with Gasteiger partial charge in [-0.2, -0.15) is 0 Å². The molecule has 3 aromatic rings. The van der Waals surface area contributed by atoms with Gasteiger partial charge in [-0.3, -0.25) is 25.0 Å². The van der Waals surface area contributed by atoms with Gasteiger partial charge in [-0.1, -0.05) is 29.8 Å². The highest BCUT2D eigenvalue weighted by atomic mass is 79.9. The molecule has 37 heavy (non-hydrogen) atoms. The number of hydrogen-bond donors (Lipinski definition) is 1. The molecule has 0 spiro atoms. The number of rotatable bonds is 6. The van der Waals surface area contributed by atoms with Crippen LogP contribution in [-0.4, -0.2) is 22.8 Å². The van der Waals surface area contributed by atoms with Crippen molar-refractivity contribution in [3.05, 3.63) is 102 Å². The molecular weight excluding hydrogens is 566 g/mol. The van der Waals surface area contributed by atoms with Crippen LogP contribution in [0.25, 0.3) is 6.08 Å². The molecule has 0 atom stereocenters. The Hall–Kier alpha value is -4.02. The van der Waals surface area contributed by atoms with Crippen LogP contribution in [0.15, 0.2) is 64.6 Å². The van der Waals surface area contributed by atoms with Crippen LogP contribution in [0.2, 0.25) is 5.02 Å². The first-order valence-electron chi connectivity index (χ1n) is 10.9. The number of nitrogens with one attached hydrogen (secondary N) is 1. The van der Waals surface area contributed by atoms with Crippen LogP contribution in [0.5, 0.6) is 5.75 Å². The molecule has 0 aliphatic carbocycles. The first kappa shape index (κ1) is 26.1. The largest absolute Gasteiger partial charge is 0.486 e. The molecule has 0 saturated carbocycles. The van der Waals surface area contributed by atoms with Crippen molar-refractivity contribution >= 4 is 62.8 Å². The molecule has 4 rings (SSSR count). The highest BCUT2D eigenvalue weighted by Gasteiger charge is 2.37. The number of ether oxygens (including phenoxy) is 1. The van der Waals surface area contributed by atoms with Gasteiger partial charge in [-0.05, 0) is 82.4 Å². The first-order valence-corrected chi connectivity index (χ1v) is 12.1. The van der Waals surface area contributed by atoms with E-state index in [-0.39, 0.29) is 28.6 Å². The lowest BCUT2D eigenvalue weighted by molar-refractivity contribution is -0.384. The number of non-ortho nitro benzene ring substituents is 1. The number of nitro benzene ring substituents is 1. The van der Waals surface area contributed by atoms with Gasteiger partial charge in [-0.15, -0.1) is 0 Å². The summed E-state index contributed by atoms with van der Waals surface area (Å²) in [4.78, 5) is 49.6. The van der Waals surface area contributed by atoms with E-state index in [1.54, 1.807) is 36.4 Å². The normalized spacial score (nSPS) is 14.6. The molecule has 188 valence electrons. The molecule has 0 aromatic heterocycles. The third-order valence-corrected chi connectivity index (χ3v) is 6.56. The molecule has 0 unspecified atom stereocenters. The van der Waals surface area contributed by atoms with Crippen molar-refractivity contribution in [2.45, 2.75) is 20.5 Å². The topological polar surface area (TPSA) is 119 Å². The van der Waals surface area contributed by atoms with Gasteiger partial charge < -0.3 is 4.74 Å². The maximum Gasteiger partial charge on any atom is 0.335 e. The molecule has 1 aliphatic rings. The third kappa shape index (κ3) is 5.55. The molecule has 3 aromatic carbocycles. The molecule has 11 heteroatoms. The van der Waals surface area contributed by atoms with E-state index in [9.17, 15) is 24.5 Å². The van der Waals surface area contributed by atoms with Gasteiger partial charge in [0.25, 0.3) is 17.5 Å². The second kappa shape index (κ2) is 10.5. The molecular formula is C26H19BrClN3O6. The molecule has 4 amide bonds. The highest BCUT2D eigenvalue weighted by Crippen LogP contribution is 2.36. The first-order chi connectivity index (χ1) is 17.5. The van der Waals surface area contributed by atoms with E-state index in [1.807, 2.05) is 13.8 Å².